The standard InChI is InChI=1S/C20H22BrIN2O3/c1-3-23-20(26)14(2)24(12-15-5-4-6-16(21)11-15)19(25)13-27-18-9-7-17(22)8-10-18/h4-11,14H,3,12-13H2,1-2H3,(H,23,26). The molecule has 0 aliphatic rings. The van der Waals surface area contributed by atoms with E-state index in [1.54, 1.807) is 11.8 Å². The summed E-state index contributed by atoms with van der Waals surface area (Å²) in [4.78, 5) is 26.7. The van der Waals surface area contributed by atoms with Gasteiger partial charge in [0.05, 0.1) is 0 Å². The van der Waals surface area contributed by atoms with Crippen molar-refractivity contribution in [2.45, 2.75) is 26.4 Å². The van der Waals surface area contributed by atoms with Crippen LogP contribution in [-0.2, 0) is 16.1 Å². The fourth-order valence-electron chi connectivity index (χ4n) is 2.50. The summed E-state index contributed by atoms with van der Waals surface area (Å²) in [7, 11) is 0. The summed E-state index contributed by atoms with van der Waals surface area (Å²) in [5.74, 6) is 0.194. The minimum absolute atomic E-state index is 0.127. The smallest absolute Gasteiger partial charge is 0.261 e. The molecule has 144 valence electrons. The molecule has 0 aromatic heterocycles. The molecule has 0 aliphatic heterocycles. The lowest BCUT2D eigenvalue weighted by Gasteiger charge is -2.28. The minimum atomic E-state index is -0.600. The van der Waals surface area contributed by atoms with Crippen molar-refractivity contribution in [1.29, 1.82) is 0 Å². The van der Waals surface area contributed by atoms with Crippen molar-refractivity contribution in [3.63, 3.8) is 0 Å². The van der Waals surface area contributed by atoms with Gasteiger partial charge in [-0.15, -0.1) is 0 Å². The number of hydrogen-bond donors (Lipinski definition) is 1. The van der Waals surface area contributed by atoms with Crippen molar-refractivity contribution in [2.24, 2.45) is 0 Å². The lowest BCUT2D eigenvalue weighted by molar-refractivity contribution is -0.142. The molecule has 27 heavy (non-hydrogen) atoms. The molecule has 2 amide bonds. The van der Waals surface area contributed by atoms with Crippen molar-refractivity contribution in [3.05, 3.63) is 62.1 Å². The zero-order chi connectivity index (χ0) is 19.8. The molecule has 0 saturated heterocycles. The van der Waals surface area contributed by atoms with Gasteiger partial charge in [0.25, 0.3) is 5.91 Å². The second kappa shape index (κ2) is 10.7. The molecule has 0 saturated carbocycles. The summed E-state index contributed by atoms with van der Waals surface area (Å²) in [6.07, 6.45) is 0. The number of likely N-dealkylation sites (N-methyl/N-ethyl adjacent to an activating group) is 1. The van der Waals surface area contributed by atoms with Crippen molar-refractivity contribution in [3.8, 4) is 5.75 Å². The molecule has 1 N–H and O–H groups in total. The average molecular weight is 545 g/mol. The first-order chi connectivity index (χ1) is 12.9. The van der Waals surface area contributed by atoms with Crippen molar-refractivity contribution < 1.29 is 14.3 Å². The van der Waals surface area contributed by atoms with E-state index in [0.717, 1.165) is 13.6 Å². The molecule has 7 heteroatoms. The zero-order valence-electron chi connectivity index (χ0n) is 15.2. The number of nitrogens with one attached hydrogen (secondary N) is 1. The Balaban J connectivity index is 2.12. The minimum Gasteiger partial charge on any atom is -0.484 e. The molecule has 0 fully saturated rings. The van der Waals surface area contributed by atoms with Crippen LogP contribution in [0.25, 0.3) is 0 Å². The number of nitrogens with zero attached hydrogens (tertiary/aromatic N) is 1. The van der Waals surface area contributed by atoms with Gasteiger partial charge in [0.2, 0.25) is 5.91 Å². The van der Waals surface area contributed by atoms with E-state index in [9.17, 15) is 9.59 Å². The first-order valence-corrected chi connectivity index (χ1v) is 10.5. The zero-order valence-corrected chi connectivity index (χ0v) is 19.0. The van der Waals surface area contributed by atoms with E-state index in [-0.39, 0.29) is 18.4 Å². The Kier molecular flexibility index (Phi) is 8.56. The van der Waals surface area contributed by atoms with Gasteiger partial charge in [-0.2, -0.15) is 0 Å². The van der Waals surface area contributed by atoms with Crippen LogP contribution in [0.5, 0.6) is 5.75 Å². The second-order valence-corrected chi connectivity index (χ2v) is 8.13. The van der Waals surface area contributed by atoms with Gasteiger partial charge >= 0.3 is 0 Å². The topological polar surface area (TPSA) is 58.6 Å². The third-order valence-electron chi connectivity index (χ3n) is 3.94. The third kappa shape index (κ3) is 6.80. The molecule has 2 aromatic carbocycles. The Bertz CT molecular complexity index is 783. The second-order valence-electron chi connectivity index (χ2n) is 5.96. The van der Waals surface area contributed by atoms with Crippen LogP contribution in [0.4, 0.5) is 0 Å². The number of amides is 2. The Morgan fingerprint density at radius 2 is 1.93 bits per heavy atom. The maximum atomic E-state index is 12.8. The van der Waals surface area contributed by atoms with Gasteiger partial charge in [0.1, 0.15) is 11.8 Å². The summed E-state index contributed by atoms with van der Waals surface area (Å²) in [5, 5.41) is 2.77. The lowest BCUT2D eigenvalue weighted by atomic mass is 10.1. The summed E-state index contributed by atoms with van der Waals surface area (Å²) < 4.78 is 7.63. The van der Waals surface area contributed by atoms with Gasteiger partial charge in [-0.1, -0.05) is 28.1 Å². The number of rotatable bonds is 8. The molecule has 0 aliphatic carbocycles. The summed E-state index contributed by atoms with van der Waals surface area (Å²) in [5.41, 5.74) is 0.933. The predicted molar refractivity (Wildman–Crippen MR) is 117 cm³/mol. The van der Waals surface area contributed by atoms with Crippen LogP contribution in [0.15, 0.2) is 53.0 Å². The highest BCUT2D eigenvalue weighted by Crippen LogP contribution is 2.17. The van der Waals surface area contributed by atoms with E-state index in [4.69, 9.17) is 4.74 Å². The van der Waals surface area contributed by atoms with E-state index in [0.29, 0.717) is 18.8 Å². The lowest BCUT2D eigenvalue weighted by Crippen LogP contribution is -2.49. The van der Waals surface area contributed by atoms with Crippen LogP contribution in [-0.4, -0.2) is 35.9 Å². The third-order valence-corrected chi connectivity index (χ3v) is 5.15. The summed E-state index contributed by atoms with van der Waals surface area (Å²) >= 11 is 5.65. The number of benzene rings is 2. The molecule has 2 aromatic rings. The van der Waals surface area contributed by atoms with Crippen LogP contribution in [0.3, 0.4) is 0 Å². The van der Waals surface area contributed by atoms with Gasteiger partial charge in [-0.3, -0.25) is 9.59 Å². The van der Waals surface area contributed by atoms with Crippen LogP contribution in [0, 0.1) is 3.57 Å². The fraction of sp³-hybridized carbons (Fsp3) is 0.300. The molecule has 1 atom stereocenters. The largest absolute Gasteiger partial charge is 0.484 e. The van der Waals surface area contributed by atoms with Crippen LogP contribution in [0.1, 0.15) is 19.4 Å². The Labute approximate surface area is 181 Å². The monoisotopic (exact) mass is 544 g/mol. The Morgan fingerprint density at radius 1 is 1.22 bits per heavy atom. The summed E-state index contributed by atoms with van der Waals surface area (Å²) in [6, 6.07) is 14.6. The van der Waals surface area contributed by atoms with Crippen molar-refractivity contribution >= 4 is 50.3 Å². The average Bonchev–Trinajstić information content (AvgIpc) is 2.65. The summed E-state index contributed by atoms with van der Waals surface area (Å²) in [6.45, 7) is 4.29. The highest BCUT2D eigenvalue weighted by atomic mass is 127. The highest BCUT2D eigenvalue weighted by Gasteiger charge is 2.26. The van der Waals surface area contributed by atoms with E-state index in [1.807, 2.05) is 55.5 Å². The molecule has 2 rings (SSSR count). The predicted octanol–water partition coefficient (Wildman–Crippen LogP) is 3.99. The van der Waals surface area contributed by atoms with Crippen molar-refractivity contribution in [2.75, 3.05) is 13.2 Å². The fourth-order valence-corrected chi connectivity index (χ4v) is 3.30. The van der Waals surface area contributed by atoms with Gasteiger partial charge < -0.3 is 15.0 Å². The number of carbonyl (C=O) groups is 2. The van der Waals surface area contributed by atoms with E-state index >= 15 is 0 Å². The molecular weight excluding hydrogens is 523 g/mol. The Morgan fingerprint density at radius 3 is 2.56 bits per heavy atom. The van der Waals surface area contributed by atoms with E-state index < -0.39 is 6.04 Å². The number of ether oxygens (including phenoxy) is 1. The van der Waals surface area contributed by atoms with E-state index in [1.165, 1.54) is 0 Å². The van der Waals surface area contributed by atoms with Crippen LogP contribution in [0.2, 0.25) is 0 Å². The van der Waals surface area contributed by atoms with E-state index in [2.05, 4.69) is 43.8 Å². The maximum Gasteiger partial charge on any atom is 0.261 e. The molecular formula is C20H22BrIN2O3. The van der Waals surface area contributed by atoms with Gasteiger partial charge in [0.15, 0.2) is 6.61 Å². The first kappa shape index (κ1) is 21.7. The highest BCUT2D eigenvalue weighted by molar-refractivity contribution is 14.1. The van der Waals surface area contributed by atoms with Gasteiger partial charge in [-0.25, -0.2) is 0 Å². The number of halogens is 2. The molecule has 5 nitrogen and oxygen atoms in total. The van der Waals surface area contributed by atoms with Crippen molar-refractivity contribution in [1.82, 2.24) is 10.2 Å². The SMILES string of the molecule is CCNC(=O)C(C)N(Cc1cccc(Br)c1)C(=O)COc1ccc(I)cc1. The molecule has 1 unspecified atom stereocenters. The van der Waals surface area contributed by atoms with Gasteiger partial charge in [0, 0.05) is 21.1 Å². The molecule has 0 bridgehead atoms. The first-order valence-electron chi connectivity index (χ1n) is 8.60. The van der Waals surface area contributed by atoms with Crippen LogP contribution < -0.4 is 10.1 Å². The molecule has 0 spiro atoms. The quantitative estimate of drug-likeness (QED) is 0.511. The van der Waals surface area contributed by atoms with Crippen LogP contribution >= 0.6 is 38.5 Å². The Hall–Kier alpha value is -1.61. The van der Waals surface area contributed by atoms with Gasteiger partial charge in [-0.05, 0) is 78.4 Å². The number of carbonyl (C=O) groups excluding carboxylic acids is 2. The normalized spacial score (nSPS) is 11.6. The number of hydrogen-bond acceptors (Lipinski definition) is 3. The molecule has 0 heterocycles. The molecule has 0 radical (unpaired) electrons. The maximum absolute atomic E-state index is 12.8.